The summed E-state index contributed by atoms with van der Waals surface area (Å²) < 4.78 is 35.6. The Hall–Kier alpha value is -4.53. The van der Waals surface area contributed by atoms with E-state index in [2.05, 4.69) is 15.2 Å². The van der Waals surface area contributed by atoms with Crippen LogP contribution in [-0.2, 0) is 7.05 Å². The van der Waals surface area contributed by atoms with E-state index >= 15 is 0 Å². The van der Waals surface area contributed by atoms with Gasteiger partial charge in [0.15, 0.2) is 11.6 Å². The number of halogens is 2. The van der Waals surface area contributed by atoms with Gasteiger partial charge in [0.25, 0.3) is 0 Å². The first kappa shape index (κ1) is 22.3. The largest absolute Gasteiger partial charge is 0.483 e. The van der Waals surface area contributed by atoms with Crippen molar-refractivity contribution in [2.45, 2.75) is 18.6 Å². The highest BCUT2D eigenvalue weighted by atomic mass is 19.1. The predicted octanol–water partition coefficient (Wildman–Crippen LogP) is 2.83. The average Bonchev–Trinajstić information content (AvgIpc) is 3.42. The Bertz CT molecular complexity index is 1380. The standard InChI is InChI=1S/C23H20F2N8O2/c1-31-20(8-22(27)30-31)18-7-21(17(25)10-28-18)35-16-11-32(12-16)23(34)33-19(2-3-29-33)14-4-13(9-26)5-15(24)6-14/h3-8,10,16,19H,2,11-12H2,1H3,(H2,27,30)/t19-/m0/s1. The highest BCUT2D eigenvalue weighted by Gasteiger charge is 2.39. The van der Waals surface area contributed by atoms with Crippen LogP contribution in [0.25, 0.3) is 11.4 Å². The van der Waals surface area contributed by atoms with Crippen molar-refractivity contribution in [2.75, 3.05) is 18.8 Å². The van der Waals surface area contributed by atoms with Crippen LogP contribution >= 0.6 is 0 Å². The molecular weight excluding hydrogens is 458 g/mol. The van der Waals surface area contributed by atoms with Gasteiger partial charge in [0.05, 0.1) is 48.3 Å². The molecule has 5 rings (SSSR count). The number of likely N-dealkylation sites (tertiary alicyclic amines) is 1. The van der Waals surface area contributed by atoms with Crippen LogP contribution in [0.5, 0.6) is 5.75 Å². The molecule has 1 fully saturated rings. The Labute approximate surface area is 198 Å². The first-order chi connectivity index (χ1) is 16.8. The van der Waals surface area contributed by atoms with E-state index in [-0.39, 0.29) is 30.4 Å². The molecule has 10 nitrogen and oxygen atoms in total. The Balaban J connectivity index is 1.25. The number of nitriles is 1. The van der Waals surface area contributed by atoms with Crippen LogP contribution in [0.2, 0.25) is 0 Å². The molecule has 1 atom stereocenters. The first-order valence-corrected chi connectivity index (χ1v) is 10.8. The molecule has 2 aliphatic heterocycles. The second-order valence-corrected chi connectivity index (χ2v) is 8.28. The summed E-state index contributed by atoms with van der Waals surface area (Å²) in [5.41, 5.74) is 7.42. The van der Waals surface area contributed by atoms with Crippen LogP contribution in [0.1, 0.15) is 23.6 Å². The fraction of sp³-hybridized carbons (Fsp3) is 0.261. The maximum Gasteiger partial charge on any atom is 0.341 e. The van der Waals surface area contributed by atoms with Gasteiger partial charge in [-0.1, -0.05) is 0 Å². The summed E-state index contributed by atoms with van der Waals surface area (Å²) in [7, 11) is 1.70. The summed E-state index contributed by atoms with van der Waals surface area (Å²) >= 11 is 0. The van der Waals surface area contributed by atoms with Crippen molar-refractivity contribution in [2.24, 2.45) is 12.1 Å². The van der Waals surface area contributed by atoms with Gasteiger partial charge in [-0.2, -0.15) is 15.5 Å². The van der Waals surface area contributed by atoms with Crippen molar-refractivity contribution < 1.29 is 18.3 Å². The van der Waals surface area contributed by atoms with Gasteiger partial charge in [-0.05, 0) is 23.8 Å². The molecule has 1 saturated heterocycles. The van der Waals surface area contributed by atoms with Gasteiger partial charge in [-0.25, -0.2) is 18.6 Å². The summed E-state index contributed by atoms with van der Waals surface area (Å²) in [6.07, 6.45) is 2.61. The predicted molar refractivity (Wildman–Crippen MR) is 121 cm³/mol. The van der Waals surface area contributed by atoms with Crippen molar-refractivity contribution >= 4 is 18.1 Å². The number of anilines is 1. The molecule has 0 unspecified atom stereocenters. The van der Waals surface area contributed by atoms with E-state index in [9.17, 15) is 13.6 Å². The minimum absolute atomic E-state index is 0.00716. The fourth-order valence-electron chi connectivity index (χ4n) is 4.12. The highest BCUT2D eigenvalue weighted by molar-refractivity contribution is 5.79. The summed E-state index contributed by atoms with van der Waals surface area (Å²) in [5, 5.41) is 18.6. The first-order valence-electron chi connectivity index (χ1n) is 10.8. The summed E-state index contributed by atoms with van der Waals surface area (Å²) in [6, 6.07) is 8.08. The van der Waals surface area contributed by atoms with Crippen LogP contribution < -0.4 is 10.5 Å². The van der Waals surface area contributed by atoms with Crippen molar-refractivity contribution in [3.63, 3.8) is 0 Å². The zero-order chi connectivity index (χ0) is 24.7. The SMILES string of the molecule is Cn1nc(N)cc1-c1cc(OC2CN(C(=O)N3N=CC[C@H]3c3cc(F)cc(C#N)c3)C2)c(F)cn1. The number of aryl methyl sites for hydroxylation is 1. The fourth-order valence-corrected chi connectivity index (χ4v) is 4.12. The van der Waals surface area contributed by atoms with E-state index in [0.717, 1.165) is 12.3 Å². The quantitative estimate of drug-likeness (QED) is 0.615. The maximum absolute atomic E-state index is 14.4. The summed E-state index contributed by atoms with van der Waals surface area (Å²) in [6.45, 7) is 0.444. The van der Waals surface area contributed by atoms with Crippen LogP contribution in [0.4, 0.5) is 19.4 Å². The summed E-state index contributed by atoms with van der Waals surface area (Å²) in [5.74, 6) is -0.859. The average molecular weight is 478 g/mol. The van der Waals surface area contributed by atoms with Crippen LogP contribution in [0.15, 0.2) is 41.6 Å². The third-order valence-corrected chi connectivity index (χ3v) is 5.85. The lowest BCUT2D eigenvalue weighted by Crippen LogP contribution is -2.58. The molecule has 2 aliphatic rings. The summed E-state index contributed by atoms with van der Waals surface area (Å²) in [4.78, 5) is 18.6. The smallest absolute Gasteiger partial charge is 0.341 e. The number of nitrogens with two attached hydrogens (primary N) is 1. The normalized spacial score (nSPS) is 17.4. The van der Waals surface area contributed by atoms with Gasteiger partial charge in [0.1, 0.15) is 17.7 Å². The minimum Gasteiger partial charge on any atom is -0.483 e. The van der Waals surface area contributed by atoms with Gasteiger partial charge in [0.2, 0.25) is 0 Å². The van der Waals surface area contributed by atoms with Crippen LogP contribution in [-0.4, -0.2) is 56.1 Å². The van der Waals surface area contributed by atoms with Crippen molar-refractivity contribution in [1.82, 2.24) is 24.7 Å². The molecule has 0 saturated carbocycles. The second kappa shape index (κ2) is 8.68. The lowest BCUT2D eigenvalue weighted by Gasteiger charge is -2.41. The number of hydrazone groups is 1. The number of pyridine rings is 1. The molecule has 178 valence electrons. The molecule has 12 heteroatoms. The van der Waals surface area contributed by atoms with Crippen LogP contribution in [0.3, 0.4) is 0 Å². The second-order valence-electron chi connectivity index (χ2n) is 8.28. The van der Waals surface area contributed by atoms with Gasteiger partial charge in [-0.15, -0.1) is 0 Å². The molecule has 0 radical (unpaired) electrons. The Morgan fingerprint density at radius 2 is 2.03 bits per heavy atom. The number of amides is 2. The number of hydrogen-bond donors (Lipinski definition) is 1. The maximum atomic E-state index is 14.4. The topological polar surface area (TPSA) is 126 Å². The van der Waals surface area contributed by atoms with E-state index < -0.39 is 23.8 Å². The van der Waals surface area contributed by atoms with Gasteiger partial charge in [-0.3, -0.25) is 9.67 Å². The molecule has 1 aromatic carbocycles. The molecule has 0 bridgehead atoms. The number of urea groups is 1. The molecule has 3 aromatic rings. The van der Waals surface area contributed by atoms with E-state index in [0.29, 0.717) is 29.2 Å². The third kappa shape index (κ3) is 4.23. The monoisotopic (exact) mass is 478 g/mol. The molecule has 0 aliphatic carbocycles. The zero-order valence-corrected chi connectivity index (χ0v) is 18.6. The number of nitrogens with zero attached hydrogens (tertiary/aromatic N) is 7. The molecular formula is C23H20F2N8O2. The van der Waals surface area contributed by atoms with E-state index in [1.54, 1.807) is 25.4 Å². The number of hydrogen-bond acceptors (Lipinski definition) is 7. The van der Waals surface area contributed by atoms with Crippen molar-refractivity contribution in [3.8, 4) is 23.2 Å². The van der Waals surface area contributed by atoms with E-state index in [1.807, 2.05) is 6.07 Å². The number of benzene rings is 1. The van der Waals surface area contributed by atoms with Gasteiger partial charge in [0, 0.05) is 31.8 Å². The third-order valence-electron chi connectivity index (χ3n) is 5.85. The number of nitrogen functional groups attached to an aromatic ring is 1. The molecule has 4 heterocycles. The van der Waals surface area contributed by atoms with Gasteiger partial charge >= 0.3 is 6.03 Å². The number of rotatable bonds is 4. The molecule has 2 amide bonds. The van der Waals surface area contributed by atoms with E-state index in [1.165, 1.54) is 26.7 Å². The number of carbonyl (C=O) groups excluding carboxylic acids is 1. The highest BCUT2D eigenvalue weighted by Crippen LogP contribution is 2.32. The molecule has 2 aromatic heterocycles. The molecule has 2 N–H and O–H groups in total. The van der Waals surface area contributed by atoms with E-state index in [4.69, 9.17) is 15.7 Å². The number of carbonyl (C=O) groups is 1. The number of aromatic nitrogens is 3. The number of ether oxygens (including phenoxy) is 1. The Kier molecular flexibility index (Phi) is 5.52. The Morgan fingerprint density at radius 1 is 1.23 bits per heavy atom. The van der Waals surface area contributed by atoms with Gasteiger partial charge < -0.3 is 15.4 Å². The molecule has 0 spiro atoms. The lowest BCUT2D eigenvalue weighted by molar-refractivity contribution is 0.0257. The lowest BCUT2D eigenvalue weighted by atomic mass is 10.0. The van der Waals surface area contributed by atoms with Crippen molar-refractivity contribution in [1.29, 1.82) is 5.26 Å². The molecule has 35 heavy (non-hydrogen) atoms. The van der Waals surface area contributed by atoms with Crippen LogP contribution in [0, 0.1) is 23.0 Å². The minimum atomic E-state index is -0.628. The van der Waals surface area contributed by atoms with Crippen molar-refractivity contribution in [3.05, 3.63) is 59.3 Å². The Morgan fingerprint density at radius 3 is 2.74 bits per heavy atom. The zero-order valence-electron chi connectivity index (χ0n) is 18.6.